The zero-order valence-electron chi connectivity index (χ0n) is 14.0. The highest BCUT2D eigenvalue weighted by Gasteiger charge is 2.36. The zero-order valence-corrected chi connectivity index (χ0v) is 14.8. The van der Waals surface area contributed by atoms with Gasteiger partial charge in [0, 0.05) is 5.75 Å². The van der Waals surface area contributed by atoms with Crippen molar-refractivity contribution >= 4 is 17.7 Å². The quantitative estimate of drug-likeness (QED) is 0.631. The van der Waals surface area contributed by atoms with Crippen LogP contribution in [0.2, 0.25) is 0 Å². The summed E-state index contributed by atoms with van der Waals surface area (Å²) in [5.74, 6) is 2.34. The summed E-state index contributed by atoms with van der Waals surface area (Å²) >= 11 is 1.81. The summed E-state index contributed by atoms with van der Waals surface area (Å²) in [7, 11) is 0. The predicted molar refractivity (Wildman–Crippen MR) is 85.6 cm³/mol. The van der Waals surface area contributed by atoms with E-state index in [1.165, 1.54) is 0 Å². The average molecular weight is 288 g/mol. The highest BCUT2D eigenvalue weighted by Crippen LogP contribution is 2.33. The molecule has 3 heteroatoms. The van der Waals surface area contributed by atoms with E-state index in [0.29, 0.717) is 5.92 Å². The minimum absolute atomic E-state index is 0.0293. The number of hydrogen-bond acceptors (Lipinski definition) is 3. The smallest absolute Gasteiger partial charge is 0.310 e. The minimum atomic E-state index is -0.377. The fraction of sp³-hybridized carbons (Fsp3) is 0.938. The van der Waals surface area contributed by atoms with Crippen LogP contribution in [-0.2, 0) is 9.53 Å². The molecule has 1 unspecified atom stereocenters. The maximum atomic E-state index is 12.5. The Bertz CT molecular complexity index is 277. The molecular formula is C16H32O2S. The maximum absolute atomic E-state index is 12.5. The van der Waals surface area contributed by atoms with E-state index in [-0.39, 0.29) is 22.9 Å². The summed E-state index contributed by atoms with van der Waals surface area (Å²) in [5, 5.41) is 0. The van der Waals surface area contributed by atoms with Crippen molar-refractivity contribution in [3.05, 3.63) is 0 Å². The molecule has 114 valence electrons. The fourth-order valence-corrected chi connectivity index (χ4v) is 2.75. The molecule has 0 saturated carbocycles. The molecule has 0 spiro atoms. The number of hydrogen-bond donors (Lipinski definition) is 0. The van der Waals surface area contributed by atoms with E-state index in [2.05, 4.69) is 41.5 Å². The van der Waals surface area contributed by atoms with Gasteiger partial charge >= 0.3 is 5.97 Å². The SMILES string of the molecule is CCSCC(C)(C)OC(=O)C(CC(C)C)C(C)(C)C. The third-order valence-electron chi connectivity index (χ3n) is 3.07. The van der Waals surface area contributed by atoms with Gasteiger partial charge in [0.25, 0.3) is 0 Å². The zero-order chi connectivity index (χ0) is 15.3. The molecule has 2 nitrogen and oxygen atoms in total. The summed E-state index contributed by atoms with van der Waals surface area (Å²) in [5.41, 5.74) is -0.423. The second kappa shape index (κ2) is 7.56. The van der Waals surface area contributed by atoms with Gasteiger partial charge in [0.2, 0.25) is 0 Å². The van der Waals surface area contributed by atoms with Crippen LogP contribution in [0.1, 0.15) is 61.8 Å². The summed E-state index contributed by atoms with van der Waals surface area (Å²) in [6.07, 6.45) is 0.888. The number of rotatable bonds is 7. The number of carbonyl (C=O) groups is 1. The van der Waals surface area contributed by atoms with Crippen molar-refractivity contribution in [2.24, 2.45) is 17.3 Å². The maximum Gasteiger partial charge on any atom is 0.310 e. The molecule has 0 aromatic rings. The molecule has 0 aromatic heterocycles. The van der Waals surface area contributed by atoms with Gasteiger partial charge in [-0.25, -0.2) is 0 Å². The first kappa shape index (κ1) is 18.8. The summed E-state index contributed by atoms with van der Waals surface area (Å²) < 4.78 is 5.77. The van der Waals surface area contributed by atoms with Crippen LogP contribution in [0.15, 0.2) is 0 Å². The Labute approximate surface area is 124 Å². The lowest BCUT2D eigenvalue weighted by atomic mass is 9.76. The second-order valence-electron chi connectivity index (χ2n) is 7.37. The predicted octanol–water partition coefficient (Wildman–Crippen LogP) is 4.77. The van der Waals surface area contributed by atoms with Gasteiger partial charge in [-0.2, -0.15) is 11.8 Å². The number of ether oxygens (including phenoxy) is 1. The lowest BCUT2D eigenvalue weighted by Crippen LogP contribution is -2.38. The van der Waals surface area contributed by atoms with Crippen molar-refractivity contribution in [2.45, 2.75) is 67.4 Å². The molecule has 19 heavy (non-hydrogen) atoms. The Morgan fingerprint density at radius 1 is 1.16 bits per heavy atom. The highest BCUT2D eigenvalue weighted by atomic mass is 32.2. The number of esters is 1. The van der Waals surface area contributed by atoms with E-state index >= 15 is 0 Å². The van der Waals surface area contributed by atoms with E-state index in [0.717, 1.165) is 17.9 Å². The van der Waals surface area contributed by atoms with E-state index in [9.17, 15) is 4.79 Å². The van der Waals surface area contributed by atoms with E-state index in [1.54, 1.807) is 0 Å². The molecule has 1 atom stereocenters. The van der Waals surface area contributed by atoms with Crippen LogP contribution in [0.25, 0.3) is 0 Å². The first-order valence-electron chi connectivity index (χ1n) is 7.30. The molecule has 0 aliphatic carbocycles. The summed E-state index contributed by atoms with van der Waals surface area (Å²) in [4.78, 5) is 12.5. The van der Waals surface area contributed by atoms with Crippen LogP contribution in [0.3, 0.4) is 0 Å². The van der Waals surface area contributed by atoms with Gasteiger partial charge in [-0.15, -0.1) is 0 Å². The first-order valence-corrected chi connectivity index (χ1v) is 8.45. The van der Waals surface area contributed by atoms with Crippen LogP contribution in [0.4, 0.5) is 0 Å². The molecule has 0 fully saturated rings. The molecule has 0 amide bonds. The molecule has 0 heterocycles. The van der Waals surface area contributed by atoms with E-state index in [4.69, 9.17) is 4.74 Å². The average Bonchev–Trinajstić information content (AvgIpc) is 2.20. The molecule has 0 N–H and O–H groups in total. The lowest BCUT2D eigenvalue weighted by molar-refractivity contribution is -0.164. The Balaban J connectivity index is 4.73. The van der Waals surface area contributed by atoms with Crippen LogP contribution < -0.4 is 0 Å². The largest absolute Gasteiger partial charge is 0.459 e. The standard InChI is InChI=1S/C16H32O2S/c1-9-19-11-16(7,8)18-14(17)13(10-12(2)3)15(4,5)6/h12-13H,9-11H2,1-8H3. The van der Waals surface area contributed by atoms with Crippen molar-refractivity contribution in [2.75, 3.05) is 11.5 Å². The summed E-state index contributed by atoms with van der Waals surface area (Å²) in [6, 6.07) is 0. The van der Waals surface area contributed by atoms with Gasteiger partial charge < -0.3 is 4.74 Å². The highest BCUT2D eigenvalue weighted by molar-refractivity contribution is 7.99. The second-order valence-corrected chi connectivity index (χ2v) is 8.64. The van der Waals surface area contributed by atoms with Crippen molar-refractivity contribution in [3.63, 3.8) is 0 Å². The topological polar surface area (TPSA) is 26.3 Å². The van der Waals surface area contributed by atoms with Gasteiger partial charge in [0.05, 0.1) is 5.92 Å². The van der Waals surface area contributed by atoms with Crippen molar-refractivity contribution < 1.29 is 9.53 Å². The Hall–Kier alpha value is -0.180. The molecule has 0 radical (unpaired) electrons. The third-order valence-corrected chi connectivity index (χ3v) is 4.38. The van der Waals surface area contributed by atoms with Gasteiger partial charge in [-0.05, 0) is 37.4 Å². The van der Waals surface area contributed by atoms with Crippen LogP contribution >= 0.6 is 11.8 Å². The molecule has 0 bridgehead atoms. The van der Waals surface area contributed by atoms with Crippen LogP contribution in [0, 0.1) is 17.3 Å². The van der Waals surface area contributed by atoms with Crippen molar-refractivity contribution in [3.8, 4) is 0 Å². The molecule has 0 aliphatic rings. The van der Waals surface area contributed by atoms with E-state index < -0.39 is 0 Å². The number of carbonyl (C=O) groups excluding carboxylic acids is 1. The molecule has 0 aliphatic heterocycles. The van der Waals surface area contributed by atoms with Crippen molar-refractivity contribution in [1.82, 2.24) is 0 Å². The van der Waals surface area contributed by atoms with Gasteiger partial charge in [-0.1, -0.05) is 41.5 Å². The fourth-order valence-electron chi connectivity index (χ4n) is 2.00. The lowest BCUT2D eigenvalue weighted by Gasteiger charge is -2.34. The molecule has 0 aromatic carbocycles. The Morgan fingerprint density at radius 2 is 1.68 bits per heavy atom. The monoisotopic (exact) mass is 288 g/mol. The number of thioether (sulfide) groups is 1. The van der Waals surface area contributed by atoms with Crippen LogP contribution in [-0.4, -0.2) is 23.1 Å². The first-order chi connectivity index (χ1) is 8.49. The Morgan fingerprint density at radius 3 is 2.05 bits per heavy atom. The minimum Gasteiger partial charge on any atom is -0.459 e. The van der Waals surface area contributed by atoms with Crippen LogP contribution in [0.5, 0.6) is 0 Å². The van der Waals surface area contributed by atoms with E-state index in [1.807, 2.05) is 25.6 Å². The van der Waals surface area contributed by atoms with Gasteiger partial charge in [0.15, 0.2) is 0 Å². The third kappa shape index (κ3) is 7.86. The molecule has 0 saturated heterocycles. The summed E-state index contributed by atoms with van der Waals surface area (Å²) in [6.45, 7) is 16.8. The van der Waals surface area contributed by atoms with Gasteiger partial charge in [0.1, 0.15) is 5.60 Å². The normalized spacial score (nSPS) is 14.6. The Kier molecular flexibility index (Phi) is 7.49. The van der Waals surface area contributed by atoms with Crippen molar-refractivity contribution in [1.29, 1.82) is 0 Å². The molecular weight excluding hydrogens is 256 g/mol. The molecule has 0 rings (SSSR count). The van der Waals surface area contributed by atoms with Gasteiger partial charge in [-0.3, -0.25) is 4.79 Å².